The quantitative estimate of drug-likeness (QED) is 0.525. The smallest absolute Gasteiger partial charge is 0.270 e. The number of nitro benzene ring substituents is 1. The van der Waals surface area contributed by atoms with Crippen molar-refractivity contribution in [1.29, 1.82) is 0 Å². The summed E-state index contributed by atoms with van der Waals surface area (Å²) in [6, 6.07) is 13.1. The second kappa shape index (κ2) is 7.42. The molecule has 3 rings (SSSR count). The van der Waals surface area contributed by atoms with Gasteiger partial charge in [-0.1, -0.05) is 35.9 Å². The number of nitro groups is 1. The first kappa shape index (κ1) is 17.1. The Morgan fingerprint density at radius 2 is 2.04 bits per heavy atom. The SMILES string of the molecule is O=C(Nc1ncc(Cc2ccccc2Cl)s1)c1cccc([N+](=O)[O-])c1. The van der Waals surface area contributed by atoms with Gasteiger partial charge in [0, 0.05) is 40.2 Å². The summed E-state index contributed by atoms with van der Waals surface area (Å²) < 4.78 is 0. The molecule has 0 aliphatic heterocycles. The Hall–Kier alpha value is -2.77. The zero-order valence-electron chi connectivity index (χ0n) is 12.8. The Balaban J connectivity index is 1.71. The Kier molecular flexibility index (Phi) is 5.06. The number of hydrogen-bond acceptors (Lipinski definition) is 5. The van der Waals surface area contributed by atoms with Gasteiger partial charge in [-0.05, 0) is 17.7 Å². The summed E-state index contributed by atoms with van der Waals surface area (Å²) >= 11 is 7.48. The zero-order chi connectivity index (χ0) is 17.8. The summed E-state index contributed by atoms with van der Waals surface area (Å²) in [4.78, 5) is 27.6. The number of anilines is 1. The van der Waals surface area contributed by atoms with Crippen LogP contribution in [-0.4, -0.2) is 15.8 Å². The number of hydrogen-bond donors (Lipinski definition) is 1. The number of rotatable bonds is 5. The summed E-state index contributed by atoms with van der Waals surface area (Å²) in [7, 11) is 0. The fraction of sp³-hybridized carbons (Fsp3) is 0.0588. The molecular formula is C17H12ClN3O3S. The van der Waals surface area contributed by atoms with Gasteiger partial charge in [0.25, 0.3) is 11.6 Å². The summed E-state index contributed by atoms with van der Waals surface area (Å²) in [6.07, 6.45) is 2.29. The number of carbonyl (C=O) groups is 1. The molecule has 0 bridgehead atoms. The maximum atomic E-state index is 12.2. The molecular weight excluding hydrogens is 362 g/mol. The molecule has 0 unspecified atom stereocenters. The minimum absolute atomic E-state index is 0.133. The van der Waals surface area contributed by atoms with Crippen LogP contribution >= 0.6 is 22.9 Å². The monoisotopic (exact) mass is 373 g/mol. The van der Waals surface area contributed by atoms with E-state index in [1.807, 2.05) is 24.3 Å². The van der Waals surface area contributed by atoms with Crippen LogP contribution in [0.1, 0.15) is 20.8 Å². The Bertz CT molecular complexity index is 942. The minimum atomic E-state index is -0.540. The van der Waals surface area contributed by atoms with Gasteiger partial charge in [0.05, 0.1) is 4.92 Å². The molecule has 1 aromatic heterocycles. The molecule has 0 radical (unpaired) electrons. The van der Waals surface area contributed by atoms with E-state index in [1.54, 1.807) is 6.20 Å². The number of halogens is 1. The van der Waals surface area contributed by atoms with Crippen LogP contribution in [0.25, 0.3) is 0 Å². The number of nitrogens with zero attached hydrogens (tertiary/aromatic N) is 2. The summed E-state index contributed by atoms with van der Waals surface area (Å²) in [6.45, 7) is 0. The number of nitrogens with one attached hydrogen (secondary N) is 1. The predicted octanol–water partition coefficient (Wildman–Crippen LogP) is 4.55. The first-order valence-corrected chi connectivity index (χ1v) is 8.46. The van der Waals surface area contributed by atoms with Crippen molar-refractivity contribution in [3.05, 3.63) is 85.9 Å². The number of amides is 1. The van der Waals surface area contributed by atoms with E-state index in [4.69, 9.17) is 11.6 Å². The molecule has 2 aromatic carbocycles. The van der Waals surface area contributed by atoms with Crippen LogP contribution in [0, 0.1) is 10.1 Å². The van der Waals surface area contributed by atoms with Crippen LogP contribution in [0.2, 0.25) is 5.02 Å². The lowest BCUT2D eigenvalue weighted by Gasteiger charge is -2.02. The van der Waals surface area contributed by atoms with Crippen LogP contribution in [0.3, 0.4) is 0 Å². The third kappa shape index (κ3) is 4.20. The lowest BCUT2D eigenvalue weighted by Crippen LogP contribution is -2.11. The van der Waals surface area contributed by atoms with Crippen molar-refractivity contribution in [3.8, 4) is 0 Å². The first-order chi connectivity index (χ1) is 12.0. The van der Waals surface area contributed by atoms with E-state index in [9.17, 15) is 14.9 Å². The van der Waals surface area contributed by atoms with E-state index < -0.39 is 10.8 Å². The minimum Gasteiger partial charge on any atom is -0.298 e. The highest BCUT2D eigenvalue weighted by Crippen LogP contribution is 2.25. The lowest BCUT2D eigenvalue weighted by molar-refractivity contribution is -0.384. The maximum absolute atomic E-state index is 12.2. The molecule has 0 atom stereocenters. The second-order valence-electron chi connectivity index (χ2n) is 5.16. The molecule has 0 spiro atoms. The third-order valence-electron chi connectivity index (χ3n) is 3.42. The molecule has 3 aromatic rings. The molecule has 0 saturated carbocycles. The summed E-state index contributed by atoms with van der Waals surface area (Å²) in [5, 5.41) is 14.6. The highest BCUT2D eigenvalue weighted by Gasteiger charge is 2.13. The summed E-state index contributed by atoms with van der Waals surface area (Å²) in [5.41, 5.74) is 1.05. The highest BCUT2D eigenvalue weighted by molar-refractivity contribution is 7.15. The van der Waals surface area contributed by atoms with Crippen molar-refractivity contribution < 1.29 is 9.72 Å². The standard InChI is InChI=1S/C17H12ClN3O3S/c18-15-7-2-1-4-11(15)9-14-10-19-17(25-14)20-16(22)12-5-3-6-13(8-12)21(23)24/h1-8,10H,9H2,(H,19,20,22). The number of carbonyl (C=O) groups excluding carboxylic acids is 1. The highest BCUT2D eigenvalue weighted by atomic mass is 35.5. The van der Waals surface area contributed by atoms with Crippen LogP contribution in [-0.2, 0) is 6.42 Å². The van der Waals surface area contributed by atoms with Crippen LogP contribution in [0.15, 0.2) is 54.7 Å². The second-order valence-corrected chi connectivity index (χ2v) is 6.68. The van der Waals surface area contributed by atoms with Gasteiger partial charge in [0.15, 0.2) is 5.13 Å². The molecule has 25 heavy (non-hydrogen) atoms. The topological polar surface area (TPSA) is 85.1 Å². The Morgan fingerprint density at radius 1 is 1.24 bits per heavy atom. The molecule has 126 valence electrons. The van der Waals surface area contributed by atoms with Gasteiger partial charge in [-0.3, -0.25) is 20.2 Å². The largest absolute Gasteiger partial charge is 0.298 e. The van der Waals surface area contributed by atoms with Crippen molar-refractivity contribution in [3.63, 3.8) is 0 Å². The van der Waals surface area contributed by atoms with E-state index >= 15 is 0 Å². The summed E-state index contributed by atoms with van der Waals surface area (Å²) in [5.74, 6) is -0.442. The van der Waals surface area contributed by atoms with Gasteiger partial charge in [-0.15, -0.1) is 11.3 Å². The van der Waals surface area contributed by atoms with E-state index in [0.29, 0.717) is 16.6 Å². The van der Waals surface area contributed by atoms with Crippen molar-refractivity contribution >= 4 is 39.7 Å². The van der Waals surface area contributed by atoms with Crippen LogP contribution in [0.5, 0.6) is 0 Å². The van der Waals surface area contributed by atoms with Crippen molar-refractivity contribution in [2.75, 3.05) is 5.32 Å². The molecule has 1 heterocycles. The Labute approximate surface area is 152 Å². The van der Waals surface area contributed by atoms with Gasteiger partial charge in [-0.25, -0.2) is 4.98 Å². The zero-order valence-corrected chi connectivity index (χ0v) is 14.4. The fourth-order valence-electron chi connectivity index (χ4n) is 2.21. The van der Waals surface area contributed by atoms with Gasteiger partial charge < -0.3 is 0 Å². The number of aromatic nitrogens is 1. The van der Waals surface area contributed by atoms with Crippen LogP contribution < -0.4 is 5.32 Å². The van der Waals surface area contributed by atoms with E-state index in [2.05, 4.69) is 10.3 Å². The molecule has 8 heteroatoms. The fourth-order valence-corrected chi connectivity index (χ4v) is 3.24. The normalized spacial score (nSPS) is 10.4. The van der Waals surface area contributed by atoms with E-state index in [-0.39, 0.29) is 11.3 Å². The molecule has 0 aliphatic carbocycles. The average Bonchev–Trinajstić information content (AvgIpc) is 3.04. The molecule has 0 saturated heterocycles. The van der Waals surface area contributed by atoms with E-state index in [0.717, 1.165) is 10.4 Å². The average molecular weight is 374 g/mol. The van der Waals surface area contributed by atoms with E-state index in [1.165, 1.54) is 35.6 Å². The maximum Gasteiger partial charge on any atom is 0.270 e. The van der Waals surface area contributed by atoms with Gasteiger partial charge in [-0.2, -0.15) is 0 Å². The Morgan fingerprint density at radius 3 is 2.80 bits per heavy atom. The van der Waals surface area contributed by atoms with Gasteiger partial charge >= 0.3 is 0 Å². The number of benzene rings is 2. The first-order valence-electron chi connectivity index (χ1n) is 7.27. The predicted molar refractivity (Wildman–Crippen MR) is 97.4 cm³/mol. The van der Waals surface area contributed by atoms with Gasteiger partial charge in [0.2, 0.25) is 0 Å². The van der Waals surface area contributed by atoms with Gasteiger partial charge in [0.1, 0.15) is 0 Å². The lowest BCUT2D eigenvalue weighted by atomic mass is 10.1. The third-order valence-corrected chi connectivity index (χ3v) is 4.70. The molecule has 1 N–H and O–H groups in total. The molecule has 6 nitrogen and oxygen atoms in total. The van der Waals surface area contributed by atoms with Crippen molar-refractivity contribution in [1.82, 2.24) is 4.98 Å². The molecule has 0 fully saturated rings. The molecule has 1 amide bonds. The molecule has 0 aliphatic rings. The number of non-ortho nitro benzene ring substituents is 1. The number of thiazole rings is 1. The van der Waals surface area contributed by atoms with Crippen LogP contribution in [0.4, 0.5) is 10.8 Å². The van der Waals surface area contributed by atoms with Crippen molar-refractivity contribution in [2.45, 2.75) is 6.42 Å². The van der Waals surface area contributed by atoms with Crippen molar-refractivity contribution in [2.24, 2.45) is 0 Å².